The fourth-order valence-electron chi connectivity index (χ4n) is 3.31. The third-order valence-electron chi connectivity index (χ3n) is 4.60. The zero-order chi connectivity index (χ0) is 17.6. The van der Waals surface area contributed by atoms with Gasteiger partial charge in [-0.1, -0.05) is 24.3 Å². The van der Waals surface area contributed by atoms with Crippen LogP contribution < -0.4 is 0 Å². The summed E-state index contributed by atoms with van der Waals surface area (Å²) in [5.74, 6) is -0.154. The second-order valence-electron chi connectivity index (χ2n) is 6.65. The van der Waals surface area contributed by atoms with E-state index in [2.05, 4.69) is 22.8 Å². The van der Waals surface area contributed by atoms with Crippen LogP contribution in [0.1, 0.15) is 29.7 Å². The highest BCUT2D eigenvalue weighted by Gasteiger charge is 2.21. The van der Waals surface area contributed by atoms with Crippen LogP contribution in [0, 0.1) is 12.7 Å². The van der Waals surface area contributed by atoms with E-state index in [-0.39, 0.29) is 11.9 Å². The molecule has 0 saturated carbocycles. The lowest BCUT2D eigenvalue weighted by Gasteiger charge is -2.25. The third kappa shape index (κ3) is 4.77. The topological polar surface area (TPSA) is 30.3 Å². The molecule has 1 aliphatic rings. The van der Waals surface area contributed by atoms with Gasteiger partial charge in [0.2, 0.25) is 0 Å². The Balaban J connectivity index is 1.75. The Kier molecular flexibility index (Phi) is 6.00. The lowest BCUT2D eigenvalue weighted by molar-refractivity contribution is 0.0674. The molecule has 1 fully saturated rings. The van der Waals surface area contributed by atoms with Crippen LogP contribution in [0.2, 0.25) is 0 Å². The lowest BCUT2D eigenvalue weighted by atomic mass is 10.1. The summed E-state index contributed by atoms with van der Waals surface area (Å²) in [7, 11) is 0. The Morgan fingerprint density at radius 2 is 2.16 bits per heavy atom. The van der Waals surface area contributed by atoms with Crippen molar-refractivity contribution in [2.75, 3.05) is 13.2 Å². The van der Waals surface area contributed by atoms with Crippen molar-refractivity contribution in [3.05, 3.63) is 65.8 Å². The molecule has 0 amide bonds. The Labute approximate surface area is 148 Å². The molecule has 1 aromatic heterocycles. The zero-order valence-electron chi connectivity index (χ0n) is 14.8. The smallest absolute Gasteiger partial charge is 0.127 e. The van der Waals surface area contributed by atoms with Crippen molar-refractivity contribution in [1.82, 2.24) is 14.7 Å². The molecule has 5 heteroatoms. The molecule has 1 unspecified atom stereocenters. The van der Waals surface area contributed by atoms with E-state index in [0.717, 1.165) is 49.4 Å². The highest BCUT2D eigenvalue weighted by Crippen LogP contribution is 2.19. The molecule has 4 nitrogen and oxygen atoms in total. The molecular formula is C20H26FN3O. The fourth-order valence-corrected chi connectivity index (χ4v) is 3.31. The van der Waals surface area contributed by atoms with Gasteiger partial charge in [-0.2, -0.15) is 5.10 Å². The van der Waals surface area contributed by atoms with Crippen molar-refractivity contribution in [3.8, 4) is 0 Å². The minimum atomic E-state index is -0.154. The normalized spacial score (nSPS) is 17.3. The van der Waals surface area contributed by atoms with Crippen LogP contribution in [0.15, 0.2) is 43.1 Å². The maximum absolute atomic E-state index is 14.1. The van der Waals surface area contributed by atoms with Gasteiger partial charge in [0, 0.05) is 43.6 Å². The summed E-state index contributed by atoms with van der Waals surface area (Å²) >= 11 is 0. The molecule has 0 spiro atoms. The minimum Gasteiger partial charge on any atom is -0.377 e. The van der Waals surface area contributed by atoms with E-state index in [9.17, 15) is 4.39 Å². The molecule has 0 bridgehead atoms. The van der Waals surface area contributed by atoms with E-state index in [1.54, 1.807) is 6.07 Å². The summed E-state index contributed by atoms with van der Waals surface area (Å²) in [5, 5.41) is 4.52. The van der Waals surface area contributed by atoms with Gasteiger partial charge in [0.05, 0.1) is 18.3 Å². The van der Waals surface area contributed by atoms with Gasteiger partial charge in [-0.3, -0.25) is 9.58 Å². The van der Waals surface area contributed by atoms with E-state index in [4.69, 9.17) is 4.74 Å². The Morgan fingerprint density at radius 1 is 1.36 bits per heavy atom. The minimum absolute atomic E-state index is 0.154. The molecule has 1 atom stereocenters. The Bertz CT molecular complexity index is 707. The monoisotopic (exact) mass is 343 g/mol. The number of allylic oxidation sites excluding steroid dienone is 1. The molecular weight excluding hydrogens is 317 g/mol. The molecule has 0 N–H and O–H groups in total. The third-order valence-corrected chi connectivity index (χ3v) is 4.60. The van der Waals surface area contributed by atoms with Crippen LogP contribution in [0.4, 0.5) is 4.39 Å². The van der Waals surface area contributed by atoms with Crippen LogP contribution in [-0.4, -0.2) is 33.9 Å². The number of rotatable bonds is 8. The van der Waals surface area contributed by atoms with Gasteiger partial charge in [-0.15, -0.1) is 6.58 Å². The summed E-state index contributed by atoms with van der Waals surface area (Å²) < 4.78 is 21.8. The summed E-state index contributed by atoms with van der Waals surface area (Å²) in [4.78, 5) is 2.26. The van der Waals surface area contributed by atoms with Crippen molar-refractivity contribution in [2.45, 2.75) is 45.5 Å². The van der Waals surface area contributed by atoms with Crippen LogP contribution in [0.25, 0.3) is 0 Å². The van der Waals surface area contributed by atoms with Crippen molar-refractivity contribution in [3.63, 3.8) is 0 Å². The maximum Gasteiger partial charge on any atom is 0.127 e. The largest absolute Gasteiger partial charge is 0.377 e. The van der Waals surface area contributed by atoms with Crippen molar-refractivity contribution in [2.24, 2.45) is 0 Å². The Hall–Kier alpha value is -1.98. The molecule has 134 valence electrons. The van der Waals surface area contributed by atoms with Crippen LogP contribution >= 0.6 is 0 Å². The fraction of sp³-hybridized carbons (Fsp3) is 0.450. The molecule has 0 aliphatic carbocycles. The van der Waals surface area contributed by atoms with E-state index in [1.807, 2.05) is 29.8 Å². The molecule has 0 radical (unpaired) electrons. The number of nitrogens with zero attached hydrogens (tertiary/aromatic N) is 3. The summed E-state index contributed by atoms with van der Waals surface area (Å²) in [6.45, 7) is 9.41. The molecule has 1 aromatic carbocycles. The molecule has 25 heavy (non-hydrogen) atoms. The van der Waals surface area contributed by atoms with Gasteiger partial charge in [-0.05, 0) is 25.8 Å². The predicted molar refractivity (Wildman–Crippen MR) is 96.6 cm³/mol. The van der Waals surface area contributed by atoms with Crippen molar-refractivity contribution >= 4 is 0 Å². The van der Waals surface area contributed by atoms with Gasteiger partial charge >= 0.3 is 0 Å². The SMILES string of the molecule is C=CCn1cc(CN(Cc2ccccc2F)CC2CCCO2)c(C)n1. The van der Waals surface area contributed by atoms with Crippen molar-refractivity contribution < 1.29 is 9.13 Å². The summed E-state index contributed by atoms with van der Waals surface area (Å²) in [6.07, 6.45) is 6.30. The summed E-state index contributed by atoms with van der Waals surface area (Å²) in [5.41, 5.74) is 2.89. The molecule has 1 aliphatic heterocycles. The molecule has 1 saturated heterocycles. The molecule has 2 aromatic rings. The highest BCUT2D eigenvalue weighted by molar-refractivity contribution is 5.19. The Morgan fingerprint density at radius 3 is 2.88 bits per heavy atom. The van der Waals surface area contributed by atoms with Gasteiger partial charge in [0.25, 0.3) is 0 Å². The van der Waals surface area contributed by atoms with Crippen molar-refractivity contribution in [1.29, 1.82) is 0 Å². The number of hydrogen-bond acceptors (Lipinski definition) is 3. The second kappa shape index (κ2) is 8.41. The number of aryl methyl sites for hydroxylation is 1. The van der Waals surface area contributed by atoms with Gasteiger partial charge in [0.15, 0.2) is 0 Å². The van der Waals surface area contributed by atoms with Gasteiger partial charge in [-0.25, -0.2) is 4.39 Å². The number of aromatic nitrogens is 2. The van der Waals surface area contributed by atoms with E-state index in [0.29, 0.717) is 13.1 Å². The quantitative estimate of drug-likeness (QED) is 0.685. The first-order valence-electron chi connectivity index (χ1n) is 8.87. The highest BCUT2D eigenvalue weighted by atomic mass is 19.1. The maximum atomic E-state index is 14.1. The number of benzene rings is 1. The standard InChI is InChI=1S/C20H26FN3O/c1-3-10-24-14-18(16(2)22-24)13-23(15-19-8-6-11-25-19)12-17-7-4-5-9-20(17)21/h3-5,7,9,14,19H,1,6,8,10-13,15H2,2H3. The van der Waals surface area contributed by atoms with Gasteiger partial charge in [0.1, 0.15) is 5.82 Å². The number of hydrogen-bond donors (Lipinski definition) is 0. The van der Waals surface area contributed by atoms with Crippen LogP contribution in [-0.2, 0) is 24.4 Å². The second-order valence-corrected chi connectivity index (χ2v) is 6.65. The van der Waals surface area contributed by atoms with Crippen LogP contribution in [0.5, 0.6) is 0 Å². The number of halogens is 1. The molecule has 3 rings (SSSR count). The average molecular weight is 343 g/mol. The predicted octanol–water partition coefficient (Wildman–Crippen LogP) is 3.70. The van der Waals surface area contributed by atoms with Crippen LogP contribution in [0.3, 0.4) is 0 Å². The first-order valence-corrected chi connectivity index (χ1v) is 8.87. The lowest BCUT2D eigenvalue weighted by Crippen LogP contribution is -2.31. The molecule has 2 heterocycles. The van der Waals surface area contributed by atoms with Gasteiger partial charge < -0.3 is 4.74 Å². The van der Waals surface area contributed by atoms with E-state index >= 15 is 0 Å². The zero-order valence-corrected chi connectivity index (χ0v) is 14.8. The first-order chi connectivity index (χ1) is 12.2. The van der Waals surface area contributed by atoms with E-state index in [1.165, 1.54) is 6.07 Å². The summed E-state index contributed by atoms with van der Waals surface area (Å²) in [6, 6.07) is 6.99. The van der Waals surface area contributed by atoms with E-state index < -0.39 is 0 Å². The first kappa shape index (κ1) is 17.8. The average Bonchev–Trinajstić information content (AvgIpc) is 3.20. The number of ether oxygens (including phenoxy) is 1.